The van der Waals surface area contributed by atoms with Gasteiger partial charge in [0.05, 0.1) is 28.1 Å². The molecule has 1 unspecified atom stereocenters. The number of hydrogen-bond donors (Lipinski definition) is 2. The highest BCUT2D eigenvalue weighted by molar-refractivity contribution is 7.17. The second-order valence-electron chi connectivity index (χ2n) is 9.79. The van der Waals surface area contributed by atoms with E-state index in [2.05, 4.69) is 27.7 Å². The average Bonchev–Trinajstić information content (AvgIpc) is 3.22. The van der Waals surface area contributed by atoms with Gasteiger partial charge in [-0.25, -0.2) is 4.98 Å². The van der Waals surface area contributed by atoms with Crippen molar-refractivity contribution >= 4 is 46.6 Å². The minimum absolute atomic E-state index is 0.0237. The van der Waals surface area contributed by atoms with Crippen LogP contribution in [0.3, 0.4) is 0 Å². The van der Waals surface area contributed by atoms with Gasteiger partial charge in [-0.2, -0.15) is 9.61 Å². The average molecular weight is 506 g/mol. The monoisotopic (exact) mass is 505 g/mol. The zero-order valence-electron chi connectivity index (χ0n) is 20.2. The summed E-state index contributed by atoms with van der Waals surface area (Å²) in [6, 6.07) is 6.37. The molecule has 1 atom stereocenters. The van der Waals surface area contributed by atoms with Gasteiger partial charge in [0, 0.05) is 42.9 Å². The summed E-state index contributed by atoms with van der Waals surface area (Å²) in [6.45, 7) is 1.89. The number of nitrogens with one attached hydrogen (secondary N) is 2. The number of imide groups is 1. The third-order valence-corrected chi connectivity index (χ3v) is 8.05. The fourth-order valence-electron chi connectivity index (χ4n) is 4.71. The lowest BCUT2D eigenvalue weighted by atomic mass is 10.1. The maximum Gasteiger partial charge on any atom is 0.263 e. The molecule has 5 heterocycles. The molecule has 2 N–H and O–H groups in total. The lowest BCUT2D eigenvalue weighted by Gasteiger charge is -2.23. The number of nitrogens with zero attached hydrogens (tertiary/aromatic N) is 5. The topological polar surface area (TPSA) is 112 Å². The minimum Gasteiger partial charge on any atom is -0.367 e. The van der Waals surface area contributed by atoms with Crippen molar-refractivity contribution in [2.45, 2.75) is 37.8 Å². The lowest BCUT2D eigenvalue weighted by Crippen LogP contribution is -2.38. The molecular formula is C25H27N7O3S. The molecule has 3 aliphatic rings. The van der Waals surface area contributed by atoms with Gasteiger partial charge in [-0.05, 0) is 51.1 Å². The third-order valence-electron chi connectivity index (χ3n) is 6.96. The summed E-state index contributed by atoms with van der Waals surface area (Å²) in [6.07, 6.45) is 6.56. The molecule has 3 amide bonds. The van der Waals surface area contributed by atoms with Crippen LogP contribution in [0.5, 0.6) is 0 Å². The predicted octanol–water partition coefficient (Wildman–Crippen LogP) is 2.24. The van der Waals surface area contributed by atoms with Crippen molar-refractivity contribution < 1.29 is 14.4 Å². The highest BCUT2D eigenvalue weighted by atomic mass is 32.1. The van der Waals surface area contributed by atoms with E-state index in [9.17, 15) is 14.4 Å². The lowest BCUT2D eigenvalue weighted by molar-refractivity contribution is -0.124. The summed E-state index contributed by atoms with van der Waals surface area (Å²) in [5.74, 6) is 0.139. The quantitative estimate of drug-likeness (QED) is 0.390. The maximum absolute atomic E-state index is 13.2. The van der Waals surface area contributed by atoms with Crippen LogP contribution in [-0.4, -0.2) is 81.4 Å². The van der Waals surface area contributed by atoms with E-state index in [-0.39, 0.29) is 30.2 Å². The molecule has 0 spiro atoms. The Labute approximate surface area is 212 Å². The summed E-state index contributed by atoms with van der Waals surface area (Å²) in [7, 11) is 3.96. The molecule has 0 bridgehead atoms. The summed E-state index contributed by atoms with van der Waals surface area (Å²) >= 11 is 1.43. The van der Waals surface area contributed by atoms with E-state index < -0.39 is 0 Å². The number of rotatable bonds is 6. The van der Waals surface area contributed by atoms with Gasteiger partial charge < -0.3 is 15.1 Å². The number of likely N-dealkylation sites (N-methyl/N-ethyl adjacent to an activating group) is 2. The summed E-state index contributed by atoms with van der Waals surface area (Å²) in [5, 5.41) is 10.3. The molecule has 3 aromatic rings. The van der Waals surface area contributed by atoms with Crippen molar-refractivity contribution in [3.63, 3.8) is 0 Å². The van der Waals surface area contributed by atoms with Crippen LogP contribution in [0.1, 0.15) is 40.9 Å². The number of carbonyl (C=O) groups is 3. The largest absolute Gasteiger partial charge is 0.367 e. The van der Waals surface area contributed by atoms with Gasteiger partial charge in [-0.15, -0.1) is 11.3 Å². The van der Waals surface area contributed by atoms with Crippen LogP contribution in [0.2, 0.25) is 0 Å². The smallest absolute Gasteiger partial charge is 0.263 e. The summed E-state index contributed by atoms with van der Waals surface area (Å²) < 4.78 is 1.73. The Morgan fingerprint density at radius 3 is 2.81 bits per heavy atom. The Morgan fingerprint density at radius 1 is 1.28 bits per heavy atom. The minimum atomic E-state index is -0.383. The van der Waals surface area contributed by atoms with Gasteiger partial charge in [0.15, 0.2) is 5.65 Å². The predicted molar refractivity (Wildman–Crippen MR) is 137 cm³/mol. The van der Waals surface area contributed by atoms with E-state index >= 15 is 0 Å². The Kier molecular flexibility index (Phi) is 5.60. The zero-order chi connectivity index (χ0) is 25.0. The molecule has 0 aromatic carbocycles. The molecule has 1 saturated carbocycles. The first kappa shape index (κ1) is 22.9. The van der Waals surface area contributed by atoms with E-state index in [1.165, 1.54) is 11.3 Å². The van der Waals surface area contributed by atoms with Crippen LogP contribution in [0.4, 0.5) is 5.82 Å². The van der Waals surface area contributed by atoms with Crippen LogP contribution in [0.25, 0.3) is 22.3 Å². The molecule has 11 heteroatoms. The van der Waals surface area contributed by atoms with E-state index in [0.717, 1.165) is 48.7 Å². The molecule has 1 aliphatic carbocycles. The molecule has 3 aromatic heterocycles. The van der Waals surface area contributed by atoms with Crippen molar-refractivity contribution in [3.05, 3.63) is 40.4 Å². The Hall–Kier alpha value is -3.57. The SMILES string of the molecule is CN1CCC(N(C)C(=O)c2ccc(-c3cc(NC4CC4)n4ncc(/C=C5\CC(=O)NC5=O)c4n3)s2)C1. The normalized spacial score (nSPS) is 21.5. The fourth-order valence-corrected chi connectivity index (χ4v) is 5.66. The van der Waals surface area contributed by atoms with E-state index in [1.807, 2.05) is 30.1 Å². The molecule has 0 radical (unpaired) electrons. The highest BCUT2D eigenvalue weighted by Gasteiger charge is 2.29. The first-order chi connectivity index (χ1) is 17.4. The van der Waals surface area contributed by atoms with Gasteiger partial charge >= 0.3 is 0 Å². The molecule has 6 rings (SSSR count). The number of thiophene rings is 1. The van der Waals surface area contributed by atoms with Crippen LogP contribution >= 0.6 is 11.3 Å². The standard InChI is InChI=1S/C25H27N7O3S/c1-30-8-7-17(13-30)31(2)25(35)20-6-5-19(36-20)18-11-21(27-16-3-4-16)32-23(28-18)15(12-26-32)9-14-10-22(33)29-24(14)34/h5-6,9,11-12,16-17,27H,3-4,7-8,10,13H2,1-2H3,(H,29,33,34)/b14-9+. The van der Waals surface area contributed by atoms with E-state index in [0.29, 0.717) is 27.7 Å². The molecule has 2 aliphatic heterocycles. The second kappa shape index (κ2) is 8.82. The Bertz CT molecular complexity index is 1420. The maximum atomic E-state index is 13.2. The van der Waals surface area contributed by atoms with Gasteiger partial charge in [-0.3, -0.25) is 19.7 Å². The van der Waals surface area contributed by atoms with Crippen LogP contribution in [0, 0.1) is 0 Å². The Morgan fingerprint density at radius 2 is 2.11 bits per heavy atom. The highest BCUT2D eigenvalue weighted by Crippen LogP contribution is 2.33. The number of fused-ring (bicyclic) bond motifs is 1. The van der Waals surface area contributed by atoms with Crippen molar-refractivity contribution in [1.82, 2.24) is 29.7 Å². The van der Waals surface area contributed by atoms with Gasteiger partial charge in [0.25, 0.3) is 11.8 Å². The number of carbonyl (C=O) groups excluding carboxylic acids is 3. The van der Waals surface area contributed by atoms with Gasteiger partial charge in [-0.1, -0.05) is 0 Å². The third kappa shape index (κ3) is 4.28. The molecule has 186 valence electrons. The van der Waals surface area contributed by atoms with Crippen LogP contribution < -0.4 is 10.6 Å². The second-order valence-corrected chi connectivity index (χ2v) is 10.9. The summed E-state index contributed by atoms with van der Waals surface area (Å²) in [4.78, 5) is 47.4. The van der Waals surface area contributed by atoms with Gasteiger partial charge in [0.2, 0.25) is 5.91 Å². The number of hydrogen-bond acceptors (Lipinski definition) is 8. The Balaban J connectivity index is 1.35. The number of anilines is 1. The molecule has 36 heavy (non-hydrogen) atoms. The molecule has 10 nitrogen and oxygen atoms in total. The first-order valence-electron chi connectivity index (χ1n) is 12.1. The van der Waals surface area contributed by atoms with Gasteiger partial charge in [0.1, 0.15) is 5.82 Å². The summed E-state index contributed by atoms with van der Waals surface area (Å²) in [5.41, 5.74) is 2.37. The van der Waals surface area contributed by atoms with Crippen LogP contribution in [-0.2, 0) is 9.59 Å². The number of amides is 3. The molecule has 3 fully saturated rings. The van der Waals surface area contributed by atoms with Crippen molar-refractivity contribution in [2.75, 3.05) is 32.5 Å². The van der Waals surface area contributed by atoms with Crippen LogP contribution in [0.15, 0.2) is 30.0 Å². The fraction of sp³-hybridized carbons (Fsp3) is 0.400. The van der Waals surface area contributed by atoms with Crippen molar-refractivity contribution in [3.8, 4) is 10.6 Å². The van der Waals surface area contributed by atoms with Crippen molar-refractivity contribution in [1.29, 1.82) is 0 Å². The molecule has 2 saturated heterocycles. The molecular weight excluding hydrogens is 478 g/mol. The first-order valence-corrected chi connectivity index (χ1v) is 12.9. The van der Waals surface area contributed by atoms with E-state index in [4.69, 9.17) is 4.98 Å². The zero-order valence-corrected chi connectivity index (χ0v) is 21.0. The van der Waals surface area contributed by atoms with Crippen molar-refractivity contribution in [2.24, 2.45) is 0 Å². The number of aromatic nitrogens is 3. The number of likely N-dealkylation sites (tertiary alicyclic amines) is 1. The van der Waals surface area contributed by atoms with E-state index in [1.54, 1.807) is 16.8 Å².